The molecule has 0 aliphatic heterocycles. The topological polar surface area (TPSA) is 38.3 Å². The number of rotatable bonds is 10. The van der Waals surface area contributed by atoms with Gasteiger partial charge in [0.2, 0.25) is 5.91 Å². The maximum Gasteiger partial charge on any atom is 0.225 e. The molecule has 1 aromatic rings. The zero-order chi connectivity index (χ0) is 15.6. The molecule has 0 unspecified atom stereocenters. The van der Waals surface area contributed by atoms with Crippen LogP contribution in [0.1, 0.15) is 45.6 Å². The van der Waals surface area contributed by atoms with Gasteiger partial charge in [0, 0.05) is 25.2 Å². The number of amides is 1. The summed E-state index contributed by atoms with van der Waals surface area (Å²) in [6, 6.07) is 10.1. The lowest BCUT2D eigenvalue weighted by Gasteiger charge is -2.23. The first-order valence-corrected chi connectivity index (χ1v) is 7.96. The van der Waals surface area contributed by atoms with Crippen molar-refractivity contribution in [2.75, 3.05) is 19.8 Å². The van der Waals surface area contributed by atoms with Gasteiger partial charge in [-0.05, 0) is 24.8 Å². The third kappa shape index (κ3) is 7.28. The van der Waals surface area contributed by atoms with Crippen LogP contribution >= 0.6 is 0 Å². The lowest BCUT2D eigenvalue weighted by molar-refractivity contribution is -0.129. The molecule has 21 heavy (non-hydrogen) atoms. The number of benzene rings is 1. The van der Waals surface area contributed by atoms with Gasteiger partial charge in [-0.2, -0.15) is 0 Å². The summed E-state index contributed by atoms with van der Waals surface area (Å²) in [6.45, 7) is 8.37. The van der Waals surface area contributed by atoms with Crippen LogP contribution in [0.15, 0.2) is 30.3 Å². The van der Waals surface area contributed by atoms with Crippen LogP contribution in [0.5, 0.6) is 0 Å². The Hall–Kier alpha value is -1.35. The fraction of sp³-hybridized carbons (Fsp3) is 0.611. The van der Waals surface area contributed by atoms with Gasteiger partial charge in [-0.25, -0.2) is 0 Å². The van der Waals surface area contributed by atoms with E-state index in [0.29, 0.717) is 6.54 Å². The van der Waals surface area contributed by atoms with Gasteiger partial charge < -0.3 is 10.1 Å². The predicted octanol–water partition coefficient (Wildman–Crippen LogP) is 3.58. The molecule has 0 aliphatic carbocycles. The summed E-state index contributed by atoms with van der Waals surface area (Å²) in [5.41, 5.74) is 0.810. The molecule has 3 nitrogen and oxygen atoms in total. The van der Waals surface area contributed by atoms with Gasteiger partial charge in [-0.3, -0.25) is 4.79 Å². The van der Waals surface area contributed by atoms with E-state index >= 15 is 0 Å². The molecule has 3 heteroatoms. The minimum Gasteiger partial charge on any atom is -0.381 e. The first kappa shape index (κ1) is 17.7. The molecular weight excluding hydrogens is 262 g/mol. The number of hydrogen-bond acceptors (Lipinski definition) is 2. The average Bonchev–Trinajstić information content (AvgIpc) is 2.46. The minimum absolute atomic E-state index is 0.111. The summed E-state index contributed by atoms with van der Waals surface area (Å²) in [5.74, 6) is 0.111. The second kappa shape index (κ2) is 9.56. The highest BCUT2D eigenvalue weighted by molar-refractivity contribution is 5.82. The molecule has 1 N–H and O–H groups in total. The van der Waals surface area contributed by atoms with Crippen molar-refractivity contribution in [1.29, 1.82) is 0 Å². The van der Waals surface area contributed by atoms with Gasteiger partial charge >= 0.3 is 0 Å². The van der Waals surface area contributed by atoms with Crippen molar-refractivity contribution in [3.8, 4) is 0 Å². The molecule has 0 heterocycles. The Kier molecular flexibility index (Phi) is 8.06. The standard InChI is InChI=1S/C18H29NO2/c1-4-5-13-21-14-9-12-19-17(20)18(2,3)15-16-10-7-6-8-11-16/h6-8,10-11H,4-5,9,12-15H2,1-3H3,(H,19,20). The van der Waals surface area contributed by atoms with Crippen LogP contribution in [0.3, 0.4) is 0 Å². The molecule has 0 aromatic heterocycles. The Bertz CT molecular complexity index is 401. The maximum atomic E-state index is 12.3. The van der Waals surface area contributed by atoms with Crippen LogP contribution in [0.4, 0.5) is 0 Å². The molecule has 0 aliphatic rings. The van der Waals surface area contributed by atoms with E-state index in [2.05, 4.69) is 24.4 Å². The Morgan fingerprint density at radius 2 is 1.81 bits per heavy atom. The van der Waals surface area contributed by atoms with Gasteiger partial charge in [0.05, 0.1) is 0 Å². The van der Waals surface area contributed by atoms with Crippen molar-refractivity contribution in [2.45, 2.75) is 46.5 Å². The molecule has 1 amide bonds. The van der Waals surface area contributed by atoms with Gasteiger partial charge in [-0.15, -0.1) is 0 Å². The normalized spacial score (nSPS) is 11.4. The second-order valence-electron chi connectivity index (χ2n) is 6.12. The van der Waals surface area contributed by atoms with Crippen molar-refractivity contribution < 1.29 is 9.53 Å². The molecule has 0 atom stereocenters. The van der Waals surface area contributed by atoms with E-state index in [4.69, 9.17) is 4.74 Å². The third-order valence-electron chi connectivity index (χ3n) is 3.50. The molecule has 0 saturated heterocycles. The number of nitrogens with one attached hydrogen (secondary N) is 1. The maximum absolute atomic E-state index is 12.3. The lowest BCUT2D eigenvalue weighted by atomic mass is 9.85. The van der Waals surface area contributed by atoms with E-state index in [0.717, 1.165) is 38.9 Å². The van der Waals surface area contributed by atoms with Crippen LogP contribution in [0.25, 0.3) is 0 Å². The van der Waals surface area contributed by atoms with Gasteiger partial charge in [0.25, 0.3) is 0 Å². The van der Waals surface area contributed by atoms with Gasteiger partial charge in [0.15, 0.2) is 0 Å². The molecule has 0 radical (unpaired) electrons. The molecule has 0 bridgehead atoms. The monoisotopic (exact) mass is 291 g/mol. The Balaban J connectivity index is 2.24. The summed E-state index contributed by atoms with van der Waals surface area (Å²) in [5, 5.41) is 3.02. The van der Waals surface area contributed by atoms with Crippen LogP contribution in [0.2, 0.25) is 0 Å². The fourth-order valence-corrected chi connectivity index (χ4v) is 2.15. The van der Waals surface area contributed by atoms with Gasteiger partial charge in [-0.1, -0.05) is 57.5 Å². The highest BCUT2D eigenvalue weighted by atomic mass is 16.5. The number of ether oxygens (including phenoxy) is 1. The van der Waals surface area contributed by atoms with Crippen LogP contribution in [-0.2, 0) is 16.0 Å². The van der Waals surface area contributed by atoms with E-state index in [-0.39, 0.29) is 11.3 Å². The predicted molar refractivity (Wildman–Crippen MR) is 87.3 cm³/mol. The minimum atomic E-state index is -0.385. The first-order chi connectivity index (χ1) is 10.1. The summed E-state index contributed by atoms with van der Waals surface area (Å²) in [7, 11) is 0. The molecule has 0 fully saturated rings. The molecule has 1 rings (SSSR count). The molecular formula is C18H29NO2. The largest absolute Gasteiger partial charge is 0.381 e. The Labute approximate surface area is 129 Å². The first-order valence-electron chi connectivity index (χ1n) is 7.96. The third-order valence-corrected chi connectivity index (χ3v) is 3.50. The van der Waals surface area contributed by atoms with E-state index in [9.17, 15) is 4.79 Å². The van der Waals surface area contributed by atoms with E-state index in [1.807, 2.05) is 32.0 Å². The van der Waals surface area contributed by atoms with E-state index < -0.39 is 0 Å². The quantitative estimate of drug-likeness (QED) is 0.669. The molecule has 1 aromatic carbocycles. The molecule has 0 spiro atoms. The van der Waals surface area contributed by atoms with Crippen LogP contribution in [0, 0.1) is 5.41 Å². The summed E-state index contributed by atoms with van der Waals surface area (Å²) < 4.78 is 5.49. The zero-order valence-corrected chi connectivity index (χ0v) is 13.7. The highest BCUT2D eigenvalue weighted by Gasteiger charge is 2.27. The average molecular weight is 291 g/mol. The van der Waals surface area contributed by atoms with Crippen molar-refractivity contribution in [3.05, 3.63) is 35.9 Å². The van der Waals surface area contributed by atoms with E-state index in [1.165, 1.54) is 5.56 Å². The summed E-state index contributed by atoms with van der Waals surface area (Å²) in [6.07, 6.45) is 3.89. The van der Waals surface area contributed by atoms with Crippen molar-refractivity contribution in [3.63, 3.8) is 0 Å². The number of hydrogen-bond donors (Lipinski definition) is 1. The Morgan fingerprint density at radius 1 is 1.14 bits per heavy atom. The number of carbonyl (C=O) groups is 1. The number of unbranched alkanes of at least 4 members (excludes halogenated alkanes) is 1. The zero-order valence-electron chi connectivity index (χ0n) is 13.7. The Morgan fingerprint density at radius 3 is 2.48 bits per heavy atom. The second-order valence-corrected chi connectivity index (χ2v) is 6.12. The fourth-order valence-electron chi connectivity index (χ4n) is 2.15. The van der Waals surface area contributed by atoms with Crippen LogP contribution < -0.4 is 5.32 Å². The smallest absolute Gasteiger partial charge is 0.225 e. The molecule has 0 saturated carbocycles. The van der Waals surface area contributed by atoms with Crippen LogP contribution in [-0.4, -0.2) is 25.7 Å². The highest BCUT2D eigenvalue weighted by Crippen LogP contribution is 2.21. The summed E-state index contributed by atoms with van der Waals surface area (Å²) in [4.78, 5) is 12.3. The lowest BCUT2D eigenvalue weighted by Crippen LogP contribution is -2.39. The van der Waals surface area contributed by atoms with Crippen molar-refractivity contribution in [1.82, 2.24) is 5.32 Å². The van der Waals surface area contributed by atoms with Crippen molar-refractivity contribution in [2.24, 2.45) is 5.41 Å². The number of carbonyl (C=O) groups excluding carboxylic acids is 1. The SMILES string of the molecule is CCCCOCCCNC(=O)C(C)(C)Cc1ccccc1. The van der Waals surface area contributed by atoms with Crippen molar-refractivity contribution >= 4 is 5.91 Å². The summed E-state index contributed by atoms with van der Waals surface area (Å²) >= 11 is 0. The molecule has 118 valence electrons. The van der Waals surface area contributed by atoms with E-state index in [1.54, 1.807) is 0 Å². The van der Waals surface area contributed by atoms with Gasteiger partial charge in [0.1, 0.15) is 0 Å².